The van der Waals surface area contributed by atoms with Crippen molar-refractivity contribution in [2.24, 2.45) is 5.92 Å². The zero-order chi connectivity index (χ0) is 29.1. The number of aryl methyl sites for hydroxylation is 1. The molecule has 1 N–H and O–H groups in total. The Bertz CT molecular complexity index is 987. The van der Waals surface area contributed by atoms with E-state index in [4.69, 9.17) is 9.47 Å². The molecule has 0 saturated carbocycles. The van der Waals surface area contributed by atoms with Crippen LogP contribution >= 0.6 is 0 Å². The van der Waals surface area contributed by atoms with E-state index < -0.39 is 30.1 Å². The molecule has 0 aromatic heterocycles. The van der Waals surface area contributed by atoms with E-state index in [1.54, 1.807) is 25.7 Å². The minimum absolute atomic E-state index is 0.105. The third-order valence-corrected chi connectivity index (χ3v) is 8.06. The van der Waals surface area contributed by atoms with Gasteiger partial charge in [0.25, 0.3) is 0 Å². The molecule has 2 aliphatic heterocycles. The smallest absolute Gasteiger partial charge is 0.328 e. The third kappa shape index (κ3) is 8.29. The average Bonchev–Trinajstić information content (AvgIpc) is 3.34. The summed E-state index contributed by atoms with van der Waals surface area (Å²) >= 11 is 0. The molecule has 3 rings (SSSR count). The molecule has 40 heavy (non-hydrogen) atoms. The number of ether oxygens (including phenoxy) is 2. The number of carbonyl (C=O) groups excluding carboxylic acids is 4. The molecule has 2 saturated heterocycles. The number of likely N-dealkylation sites (tertiary alicyclic amines) is 2. The van der Waals surface area contributed by atoms with Gasteiger partial charge in [-0.2, -0.15) is 0 Å². The molecule has 222 valence electrons. The number of unbranched alkanes of at least 4 members (excludes halogenated alkanes) is 2. The Morgan fingerprint density at radius 2 is 1.75 bits per heavy atom. The van der Waals surface area contributed by atoms with Crippen molar-refractivity contribution in [3.8, 4) is 0 Å². The van der Waals surface area contributed by atoms with Crippen molar-refractivity contribution in [1.82, 2.24) is 15.1 Å². The Hall–Kier alpha value is -2.94. The number of piperidine rings is 1. The topological polar surface area (TPSA) is 105 Å². The molecule has 0 bridgehead atoms. The largest absolute Gasteiger partial charge is 0.465 e. The number of rotatable bonds is 14. The van der Waals surface area contributed by atoms with Crippen LogP contribution in [0.2, 0.25) is 0 Å². The highest BCUT2D eigenvalue weighted by molar-refractivity contribution is 5.89. The second-order valence-electron chi connectivity index (χ2n) is 10.9. The highest BCUT2D eigenvalue weighted by Gasteiger charge is 2.50. The van der Waals surface area contributed by atoms with Crippen LogP contribution in [0.5, 0.6) is 0 Å². The van der Waals surface area contributed by atoms with Crippen molar-refractivity contribution in [2.45, 2.75) is 103 Å². The predicted molar refractivity (Wildman–Crippen MR) is 152 cm³/mol. The van der Waals surface area contributed by atoms with Crippen LogP contribution < -0.4 is 5.32 Å². The van der Waals surface area contributed by atoms with Crippen molar-refractivity contribution < 1.29 is 28.7 Å². The molecule has 2 fully saturated rings. The van der Waals surface area contributed by atoms with Gasteiger partial charge < -0.3 is 19.3 Å². The molecular formula is C31H47N3O6. The number of nitrogens with one attached hydrogen (secondary N) is 1. The quantitative estimate of drug-likeness (QED) is 0.276. The fourth-order valence-corrected chi connectivity index (χ4v) is 5.94. The van der Waals surface area contributed by atoms with Crippen molar-refractivity contribution in [3.05, 3.63) is 35.9 Å². The zero-order valence-electron chi connectivity index (χ0n) is 24.6. The first-order chi connectivity index (χ1) is 19.3. The number of carbonyl (C=O) groups is 4. The van der Waals surface area contributed by atoms with Gasteiger partial charge in [0.2, 0.25) is 11.8 Å². The van der Waals surface area contributed by atoms with E-state index in [0.717, 1.165) is 31.2 Å². The van der Waals surface area contributed by atoms with Gasteiger partial charge in [0.1, 0.15) is 12.1 Å². The van der Waals surface area contributed by atoms with Gasteiger partial charge in [-0.15, -0.1) is 0 Å². The van der Waals surface area contributed by atoms with Gasteiger partial charge in [0.05, 0.1) is 25.3 Å². The van der Waals surface area contributed by atoms with Crippen molar-refractivity contribution >= 4 is 23.8 Å². The van der Waals surface area contributed by atoms with Gasteiger partial charge >= 0.3 is 11.9 Å². The first kappa shape index (κ1) is 31.6. The molecule has 1 aromatic carbocycles. The molecule has 2 aliphatic rings. The molecular weight excluding hydrogens is 510 g/mol. The lowest BCUT2D eigenvalue weighted by molar-refractivity contribution is -0.156. The summed E-state index contributed by atoms with van der Waals surface area (Å²) in [6.45, 7) is 8.87. The Morgan fingerprint density at radius 1 is 1.02 bits per heavy atom. The van der Waals surface area contributed by atoms with Gasteiger partial charge in [-0.25, -0.2) is 4.79 Å². The molecule has 2 heterocycles. The Morgan fingerprint density at radius 3 is 2.42 bits per heavy atom. The zero-order valence-corrected chi connectivity index (χ0v) is 24.6. The standard InChI is InChI=1S/C31H47N3O6/c1-5-8-10-15-28(35)33-19-18-24-20-26(31(38)40-7-3)34(27(24)21-33)29(36)22(4)32-25(30(37)39-6-2)17-16-23-13-11-9-12-14-23/h9,11-14,22,24-27,32H,5-8,10,15-21H2,1-4H3/t22-,24+,25+,26-,27-/m0/s1. The van der Waals surface area contributed by atoms with Gasteiger partial charge in [-0.05, 0) is 64.4 Å². The maximum absolute atomic E-state index is 14.0. The van der Waals surface area contributed by atoms with E-state index in [1.165, 1.54) is 0 Å². The van der Waals surface area contributed by atoms with Crippen LogP contribution in [0.15, 0.2) is 30.3 Å². The number of hydrogen-bond acceptors (Lipinski definition) is 7. The molecule has 0 aliphatic carbocycles. The molecule has 2 amide bonds. The van der Waals surface area contributed by atoms with E-state index in [2.05, 4.69) is 12.2 Å². The Balaban J connectivity index is 1.76. The van der Waals surface area contributed by atoms with Crippen LogP contribution in [0.1, 0.15) is 78.2 Å². The summed E-state index contributed by atoms with van der Waals surface area (Å²) in [4.78, 5) is 56.2. The fourth-order valence-electron chi connectivity index (χ4n) is 5.94. The van der Waals surface area contributed by atoms with Crippen LogP contribution in [0, 0.1) is 5.92 Å². The average molecular weight is 558 g/mol. The van der Waals surface area contributed by atoms with Crippen molar-refractivity contribution in [3.63, 3.8) is 0 Å². The molecule has 0 spiro atoms. The number of benzene rings is 1. The Kier molecular flexibility index (Phi) is 12.4. The van der Waals surface area contributed by atoms with Crippen LogP contribution in [0.3, 0.4) is 0 Å². The number of hydrogen-bond donors (Lipinski definition) is 1. The number of amides is 2. The third-order valence-electron chi connectivity index (χ3n) is 8.06. The van der Waals surface area contributed by atoms with E-state index in [9.17, 15) is 19.2 Å². The summed E-state index contributed by atoms with van der Waals surface area (Å²) in [7, 11) is 0. The van der Waals surface area contributed by atoms with E-state index in [-0.39, 0.29) is 37.0 Å². The van der Waals surface area contributed by atoms with Crippen molar-refractivity contribution in [2.75, 3.05) is 26.3 Å². The summed E-state index contributed by atoms with van der Waals surface area (Å²) in [6.07, 6.45) is 5.79. The molecule has 5 atom stereocenters. The lowest BCUT2D eigenvalue weighted by atomic mass is 9.91. The van der Waals surface area contributed by atoms with Crippen LogP contribution in [0.4, 0.5) is 0 Å². The SMILES string of the molecule is CCCCCC(=O)N1CC[C@@H]2C[C@@H](C(=O)OCC)N(C(=O)[C@H](C)N[C@H](CCc3ccccc3)C(=O)OCC)[C@H]2C1. The first-order valence-corrected chi connectivity index (χ1v) is 15.0. The minimum Gasteiger partial charge on any atom is -0.465 e. The lowest BCUT2D eigenvalue weighted by Gasteiger charge is -2.40. The monoisotopic (exact) mass is 557 g/mol. The highest BCUT2D eigenvalue weighted by atomic mass is 16.5. The first-order valence-electron chi connectivity index (χ1n) is 15.0. The molecule has 1 aromatic rings. The van der Waals surface area contributed by atoms with Crippen molar-refractivity contribution in [1.29, 1.82) is 0 Å². The number of esters is 2. The van der Waals surface area contributed by atoms with E-state index in [0.29, 0.717) is 38.8 Å². The van der Waals surface area contributed by atoms with Gasteiger partial charge in [0.15, 0.2) is 0 Å². The lowest BCUT2D eigenvalue weighted by Crippen LogP contribution is -2.59. The summed E-state index contributed by atoms with van der Waals surface area (Å²) in [5.74, 6) is -0.859. The summed E-state index contributed by atoms with van der Waals surface area (Å²) in [6, 6.07) is 7.48. The van der Waals surface area contributed by atoms with Crippen LogP contribution in [-0.2, 0) is 35.1 Å². The van der Waals surface area contributed by atoms with E-state index in [1.807, 2.05) is 35.2 Å². The second-order valence-corrected chi connectivity index (χ2v) is 10.9. The second kappa shape index (κ2) is 15.7. The molecule has 9 nitrogen and oxygen atoms in total. The van der Waals surface area contributed by atoms with Gasteiger partial charge in [-0.1, -0.05) is 50.1 Å². The molecule has 0 radical (unpaired) electrons. The molecule has 0 unspecified atom stereocenters. The fraction of sp³-hybridized carbons (Fsp3) is 0.677. The van der Waals surface area contributed by atoms with Gasteiger partial charge in [0, 0.05) is 19.5 Å². The Labute approximate surface area is 238 Å². The van der Waals surface area contributed by atoms with Gasteiger partial charge in [-0.3, -0.25) is 19.7 Å². The highest BCUT2D eigenvalue weighted by Crippen LogP contribution is 2.37. The van der Waals surface area contributed by atoms with Crippen LogP contribution in [-0.4, -0.2) is 84.0 Å². The van der Waals surface area contributed by atoms with Crippen LogP contribution in [0.25, 0.3) is 0 Å². The molecule has 9 heteroatoms. The normalized spacial score (nSPS) is 21.9. The number of nitrogens with zero attached hydrogens (tertiary/aromatic N) is 2. The predicted octanol–water partition coefficient (Wildman–Crippen LogP) is 3.49. The maximum Gasteiger partial charge on any atom is 0.328 e. The number of fused-ring (bicyclic) bond motifs is 1. The van der Waals surface area contributed by atoms with E-state index >= 15 is 0 Å². The minimum atomic E-state index is -0.739. The summed E-state index contributed by atoms with van der Waals surface area (Å²) < 4.78 is 10.7. The summed E-state index contributed by atoms with van der Waals surface area (Å²) in [5.41, 5.74) is 1.09. The summed E-state index contributed by atoms with van der Waals surface area (Å²) in [5, 5.41) is 3.21. The maximum atomic E-state index is 14.0.